The van der Waals surface area contributed by atoms with E-state index in [1.54, 1.807) is 0 Å². The number of hydrogen-bond donors (Lipinski definition) is 2. The van der Waals surface area contributed by atoms with Gasteiger partial charge in [-0.2, -0.15) is 0 Å². The molecule has 0 aromatic carbocycles. The Balaban J connectivity index is 2.15. The Bertz CT molecular complexity index is 179. The van der Waals surface area contributed by atoms with Crippen LogP contribution in [0, 0.1) is 5.92 Å². The van der Waals surface area contributed by atoms with Crippen LogP contribution in [0.5, 0.6) is 0 Å². The maximum Gasteiger partial charge on any atom is 0.222 e. The van der Waals surface area contributed by atoms with Gasteiger partial charge in [0.1, 0.15) is 0 Å². The van der Waals surface area contributed by atoms with E-state index in [-0.39, 0.29) is 17.9 Å². The Kier molecular flexibility index (Phi) is 4.90. The third-order valence-electron chi connectivity index (χ3n) is 2.57. The summed E-state index contributed by atoms with van der Waals surface area (Å²) in [5, 5.41) is 6.12. The third-order valence-corrected chi connectivity index (χ3v) is 2.57. The van der Waals surface area contributed by atoms with Gasteiger partial charge in [0, 0.05) is 25.6 Å². The van der Waals surface area contributed by atoms with Crippen molar-refractivity contribution in [1.29, 1.82) is 0 Å². The summed E-state index contributed by atoms with van der Waals surface area (Å²) >= 11 is 0. The summed E-state index contributed by atoms with van der Waals surface area (Å²) < 4.78 is 5.46. The van der Waals surface area contributed by atoms with E-state index in [0.29, 0.717) is 6.54 Å². The molecule has 82 valence electrons. The van der Waals surface area contributed by atoms with Crippen molar-refractivity contribution >= 4 is 5.91 Å². The minimum atomic E-state index is 0.103. The predicted molar refractivity (Wildman–Crippen MR) is 55.1 cm³/mol. The predicted octanol–water partition coefficient (Wildman–Crippen LogP) is 0.137. The molecule has 2 unspecified atom stereocenters. The lowest BCUT2D eigenvalue weighted by Gasteiger charge is -2.24. The molecular weight excluding hydrogens is 180 g/mol. The third kappa shape index (κ3) is 3.64. The monoisotopic (exact) mass is 200 g/mol. The van der Waals surface area contributed by atoms with Crippen molar-refractivity contribution in [2.75, 3.05) is 26.2 Å². The molecule has 1 amide bonds. The van der Waals surface area contributed by atoms with Crippen LogP contribution in [-0.4, -0.2) is 38.3 Å². The summed E-state index contributed by atoms with van der Waals surface area (Å²) in [4.78, 5) is 11.4. The number of hydrogen-bond acceptors (Lipinski definition) is 3. The first kappa shape index (κ1) is 11.5. The highest BCUT2D eigenvalue weighted by Gasteiger charge is 2.16. The van der Waals surface area contributed by atoms with E-state index in [9.17, 15) is 4.79 Å². The normalized spacial score (nSPS) is 24.3. The maximum absolute atomic E-state index is 11.4. The second-order valence-electron chi connectivity index (χ2n) is 3.75. The molecule has 2 N–H and O–H groups in total. The second kappa shape index (κ2) is 5.98. The van der Waals surface area contributed by atoms with E-state index in [0.717, 1.165) is 26.1 Å². The number of rotatable bonds is 4. The molecule has 1 fully saturated rings. The fourth-order valence-corrected chi connectivity index (χ4v) is 1.32. The van der Waals surface area contributed by atoms with E-state index < -0.39 is 0 Å². The first-order valence-corrected chi connectivity index (χ1v) is 5.34. The van der Waals surface area contributed by atoms with Crippen molar-refractivity contribution < 1.29 is 9.53 Å². The van der Waals surface area contributed by atoms with Crippen molar-refractivity contribution in [2.45, 2.75) is 26.4 Å². The van der Waals surface area contributed by atoms with Gasteiger partial charge in [0.2, 0.25) is 5.91 Å². The Labute approximate surface area is 85.4 Å². The van der Waals surface area contributed by atoms with Crippen LogP contribution in [0.3, 0.4) is 0 Å². The first-order valence-electron chi connectivity index (χ1n) is 5.34. The summed E-state index contributed by atoms with van der Waals surface area (Å²) in [6, 6.07) is 0. The molecule has 0 aromatic heterocycles. The first-order chi connectivity index (χ1) is 6.74. The van der Waals surface area contributed by atoms with E-state index in [2.05, 4.69) is 10.6 Å². The molecule has 0 radical (unpaired) electrons. The van der Waals surface area contributed by atoms with Crippen molar-refractivity contribution in [3.8, 4) is 0 Å². The smallest absolute Gasteiger partial charge is 0.222 e. The zero-order valence-electron chi connectivity index (χ0n) is 9.01. The lowest BCUT2D eigenvalue weighted by molar-refractivity contribution is -0.125. The summed E-state index contributed by atoms with van der Waals surface area (Å²) in [7, 11) is 0. The number of carbonyl (C=O) groups excluding carboxylic acids is 1. The average molecular weight is 200 g/mol. The highest BCUT2D eigenvalue weighted by molar-refractivity contribution is 5.78. The van der Waals surface area contributed by atoms with Crippen molar-refractivity contribution in [3.63, 3.8) is 0 Å². The molecule has 1 aliphatic heterocycles. The Morgan fingerprint density at radius 3 is 3.07 bits per heavy atom. The molecule has 4 heteroatoms. The van der Waals surface area contributed by atoms with Crippen LogP contribution < -0.4 is 10.6 Å². The molecule has 1 aliphatic rings. The van der Waals surface area contributed by atoms with Crippen molar-refractivity contribution in [3.05, 3.63) is 0 Å². The van der Waals surface area contributed by atoms with Gasteiger partial charge in [-0.1, -0.05) is 13.8 Å². The molecule has 4 nitrogen and oxygen atoms in total. The topological polar surface area (TPSA) is 50.4 Å². The van der Waals surface area contributed by atoms with Gasteiger partial charge in [0.05, 0.1) is 12.7 Å². The van der Waals surface area contributed by atoms with Crippen LogP contribution in [0.15, 0.2) is 0 Å². The van der Waals surface area contributed by atoms with E-state index >= 15 is 0 Å². The van der Waals surface area contributed by atoms with Crippen LogP contribution in [0.2, 0.25) is 0 Å². The Hall–Kier alpha value is -0.610. The number of morpholine rings is 1. The van der Waals surface area contributed by atoms with Gasteiger partial charge >= 0.3 is 0 Å². The average Bonchev–Trinajstić information content (AvgIpc) is 2.26. The van der Waals surface area contributed by atoms with Gasteiger partial charge in [0.25, 0.3) is 0 Å². The molecule has 1 saturated heterocycles. The summed E-state index contributed by atoms with van der Waals surface area (Å²) in [6.45, 7) is 7.06. The van der Waals surface area contributed by atoms with Gasteiger partial charge < -0.3 is 15.4 Å². The van der Waals surface area contributed by atoms with Gasteiger partial charge in [-0.25, -0.2) is 0 Å². The largest absolute Gasteiger partial charge is 0.374 e. The molecule has 1 heterocycles. The standard InChI is InChI=1S/C10H20N2O2/c1-3-8(2)10(13)12-7-9-6-11-4-5-14-9/h8-9,11H,3-7H2,1-2H3,(H,12,13). The molecule has 0 saturated carbocycles. The van der Waals surface area contributed by atoms with Crippen LogP contribution in [-0.2, 0) is 9.53 Å². The molecule has 2 atom stereocenters. The van der Waals surface area contributed by atoms with Crippen molar-refractivity contribution in [2.24, 2.45) is 5.92 Å². The molecule has 0 bridgehead atoms. The van der Waals surface area contributed by atoms with Gasteiger partial charge in [-0.15, -0.1) is 0 Å². The molecule has 0 spiro atoms. The minimum Gasteiger partial charge on any atom is -0.374 e. The molecular formula is C10H20N2O2. The highest BCUT2D eigenvalue weighted by Crippen LogP contribution is 2.00. The van der Waals surface area contributed by atoms with Crippen LogP contribution >= 0.6 is 0 Å². The molecule has 0 aliphatic carbocycles. The Morgan fingerprint density at radius 2 is 2.50 bits per heavy atom. The van der Waals surface area contributed by atoms with Crippen LogP contribution in [0.4, 0.5) is 0 Å². The summed E-state index contributed by atoms with van der Waals surface area (Å²) in [5.74, 6) is 0.230. The fraction of sp³-hybridized carbons (Fsp3) is 0.900. The zero-order chi connectivity index (χ0) is 10.4. The molecule has 0 aromatic rings. The van der Waals surface area contributed by atoms with E-state index in [1.807, 2.05) is 13.8 Å². The lowest BCUT2D eigenvalue weighted by Crippen LogP contribution is -2.46. The number of ether oxygens (including phenoxy) is 1. The van der Waals surface area contributed by atoms with Gasteiger partial charge in [-0.05, 0) is 6.42 Å². The SMILES string of the molecule is CCC(C)C(=O)NCC1CNCCO1. The van der Waals surface area contributed by atoms with Crippen LogP contribution in [0.25, 0.3) is 0 Å². The summed E-state index contributed by atoms with van der Waals surface area (Å²) in [5.41, 5.74) is 0. The maximum atomic E-state index is 11.4. The second-order valence-corrected chi connectivity index (χ2v) is 3.75. The zero-order valence-corrected chi connectivity index (χ0v) is 9.01. The molecule has 14 heavy (non-hydrogen) atoms. The van der Waals surface area contributed by atoms with E-state index in [1.165, 1.54) is 0 Å². The van der Waals surface area contributed by atoms with Gasteiger partial charge in [0.15, 0.2) is 0 Å². The lowest BCUT2D eigenvalue weighted by atomic mass is 10.1. The van der Waals surface area contributed by atoms with Gasteiger partial charge in [-0.3, -0.25) is 4.79 Å². The number of carbonyl (C=O) groups is 1. The van der Waals surface area contributed by atoms with Crippen LogP contribution in [0.1, 0.15) is 20.3 Å². The minimum absolute atomic E-state index is 0.103. The van der Waals surface area contributed by atoms with E-state index in [4.69, 9.17) is 4.74 Å². The fourth-order valence-electron chi connectivity index (χ4n) is 1.32. The molecule has 1 rings (SSSR count). The highest BCUT2D eigenvalue weighted by atomic mass is 16.5. The van der Waals surface area contributed by atoms with Crippen molar-refractivity contribution in [1.82, 2.24) is 10.6 Å². The number of nitrogens with one attached hydrogen (secondary N) is 2. The quantitative estimate of drug-likeness (QED) is 0.678. The summed E-state index contributed by atoms with van der Waals surface area (Å²) in [6.07, 6.45) is 1.02. The Morgan fingerprint density at radius 1 is 1.71 bits per heavy atom. The number of amides is 1.